The molecule has 1 atom stereocenters. The Labute approximate surface area is 152 Å². The van der Waals surface area contributed by atoms with Crippen molar-refractivity contribution in [3.8, 4) is 11.5 Å². The summed E-state index contributed by atoms with van der Waals surface area (Å²) in [5.41, 5.74) is 1.08. The maximum Gasteiger partial charge on any atom is 0.119 e. The average molecular weight is 341 g/mol. The quantitative estimate of drug-likeness (QED) is 0.486. The minimum Gasteiger partial charge on any atom is -0.494 e. The van der Waals surface area contributed by atoms with E-state index >= 15 is 0 Å². The Morgan fingerprint density at radius 1 is 0.840 bits per heavy atom. The van der Waals surface area contributed by atoms with Gasteiger partial charge in [-0.2, -0.15) is 0 Å². The highest BCUT2D eigenvalue weighted by Gasteiger charge is 2.04. The Morgan fingerprint density at radius 3 is 2.28 bits per heavy atom. The first-order valence-corrected chi connectivity index (χ1v) is 9.46. The van der Waals surface area contributed by atoms with Crippen molar-refractivity contribution in [3.63, 3.8) is 0 Å². The Morgan fingerprint density at radius 2 is 1.56 bits per heavy atom. The maximum absolute atomic E-state index is 5.87. The van der Waals surface area contributed by atoms with Gasteiger partial charge in [-0.25, -0.2) is 0 Å². The van der Waals surface area contributed by atoms with E-state index in [1.807, 2.05) is 42.5 Å². The van der Waals surface area contributed by atoms with Crippen molar-refractivity contribution in [2.45, 2.75) is 52.1 Å². The number of para-hydroxylation sites is 1. The molecule has 0 bridgehead atoms. The van der Waals surface area contributed by atoms with Crippen LogP contribution >= 0.6 is 0 Å². The van der Waals surface area contributed by atoms with Crippen molar-refractivity contribution in [1.82, 2.24) is 0 Å². The topological polar surface area (TPSA) is 30.5 Å². The van der Waals surface area contributed by atoms with Crippen LogP contribution in [0.4, 0.5) is 5.69 Å². The predicted molar refractivity (Wildman–Crippen MR) is 106 cm³/mol. The van der Waals surface area contributed by atoms with Gasteiger partial charge in [-0.3, -0.25) is 0 Å². The molecule has 0 aliphatic carbocycles. The molecule has 0 heterocycles. The van der Waals surface area contributed by atoms with Crippen LogP contribution in [0.25, 0.3) is 0 Å². The lowest BCUT2D eigenvalue weighted by molar-refractivity contribution is 0.235. The van der Waals surface area contributed by atoms with E-state index in [1.165, 1.54) is 25.7 Å². The molecule has 2 rings (SSSR count). The number of hydrogen-bond donors (Lipinski definition) is 1. The van der Waals surface area contributed by atoms with Gasteiger partial charge in [0.2, 0.25) is 0 Å². The van der Waals surface area contributed by atoms with E-state index in [-0.39, 0.29) is 6.10 Å². The van der Waals surface area contributed by atoms with Crippen LogP contribution in [0.2, 0.25) is 0 Å². The molecule has 3 nitrogen and oxygen atoms in total. The molecule has 3 heteroatoms. The van der Waals surface area contributed by atoms with Gasteiger partial charge in [-0.05, 0) is 49.7 Å². The van der Waals surface area contributed by atoms with E-state index in [4.69, 9.17) is 9.47 Å². The molecule has 2 aromatic carbocycles. The SMILES string of the molecule is CCCCCCCOc1ccc(NCC(C)Oc2ccccc2)cc1. The van der Waals surface area contributed by atoms with Crippen LogP contribution in [-0.4, -0.2) is 19.3 Å². The molecule has 136 valence electrons. The number of benzene rings is 2. The van der Waals surface area contributed by atoms with E-state index in [0.717, 1.165) is 36.8 Å². The first kappa shape index (κ1) is 19.2. The van der Waals surface area contributed by atoms with E-state index in [1.54, 1.807) is 0 Å². The van der Waals surface area contributed by atoms with Crippen molar-refractivity contribution in [3.05, 3.63) is 54.6 Å². The first-order chi connectivity index (χ1) is 12.3. The average Bonchev–Trinajstić information content (AvgIpc) is 2.65. The molecule has 0 saturated carbocycles. The third-order valence-corrected chi connectivity index (χ3v) is 4.05. The standard InChI is InChI=1S/C22H31NO2/c1-3-4-5-6-10-17-24-21-15-13-20(14-16-21)23-18-19(2)25-22-11-8-7-9-12-22/h7-9,11-16,19,23H,3-6,10,17-18H2,1-2H3. The van der Waals surface area contributed by atoms with Gasteiger partial charge in [0, 0.05) is 5.69 Å². The second-order valence-electron chi connectivity index (χ2n) is 6.41. The number of rotatable bonds is 12. The minimum atomic E-state index is 0.0986. The van der Waals surface area contributed by atoms with Crippen LogP contribution in [-0.2, 0) is 0 Å². The molecule has 0 aliphatic heterocycles. The van der Waals surface area contributed by atoms with Crippen LogP contribution in [0.5, 0.6) is 11.5 Å². The molecule has 2 aromatic rings. The molecule has 0 amide bonds. The highest BCUT2D eigenvalue weighted by molar-refractivity contribution is 5.46. The Kier molecular flexibility index (Phi) is 8.74. The van der Waals surface area contributed by atoms with Crippen molar-refractivity contribution >= 4 is 5.69 Å². The second-order valence-corrected chi connectivity index (χ2v) is 6.41. The van der Waals surface area contributed by atoms with Gasteiger partial charge < -0.3 is 14.8 Å². The molecular weight excluding hydrogens is 310 g/mol. The lowest BCUT2D eigenvalue weighted by Crippen LogP contribution is -2.22. The lowest BCUT2D eigenvalue weighted by atomic mass is 10.2. The van der Waals surface area contributed by atoms with Crippen LogP contribution in [0.1, 0.15) is 46.0 Å². The highest BCUT2D eigenvalue weighted by atomic mass is 16.5. The molecule has 0 radical (unpaired) electrons. The van der Waals surface area contributed by atoms with E-state index in [9.17, 15) is 0 Å². The molecule has 1 N–H and O–H groups in total. The van der Waals surface area contributed by atoms with Gasteiger partial charge in [0.05, 0.1) is 13.2 Å². The molecular formula is C22H31NO2. The highest BCUT2D eigenvalue weighted by Crippen LogP contribution is 2.17. The molecule has 1 unspecified atom stereocenters. The van der Waals surface area contributed by atoms with Gasteiger partial charge in [0.1, 0.15) is 17.6 Å². The van der Waals surface area contributed by atoms with Gasteiger partial charge in [-0.1, -0.05) is 50.8 Å². The second kappa shape index (κ2) is 11.4. The predicted octanol–water partition coefficient (Wildman–Crippen LogP) is 5.92. The van der Waals surface area contributed by atoms with Crippen LogP contribution < -0.4 is 14.8 Å². The van der Waals surface area contributed by atoms with Crippen LogP contribution in [0.3, 0.4) is 0 Å². The fraction of sp³-hybridized carbons (Fsp3) is 0.455. The lowest BCUT2D eigenvalue weighted by Gasteiger charge is -2.16. The molecule has 0 aromatic heterocycles. The third kappa shape index (κ3) is 7.97. The minimum absolute atomic E-state index is 0.0986. The summed E-state index contributed by atoms with van der Waals surface area (Å²) in [7, 11) is 0. The van der Waals surface area contributed by atoms with Crippen molar-refractivity contribution < 1.29 is 9.47 Å². The molecule has 0 spiro atoms. The number of anilines is 1. The Hall–Kier alpha value is -2.16. The molecule has 0 saturated heterocycles. The van der Waals surface area contributed by atoms with Crippen LogP contribution in [0.15, 0.2) is 54.6 Å². The summed E-state index contributed by atoms with van der Waals surface area (Å²) >= 11 is 0. The van der Waals surface area contributed by atoms with E-state index in [2.05, 4.69) is 31.3 Å². The maximum atomic E-state index is 5.87. The van der Waals surface area contributed by atoms with Gasteiger partial charge >= 0.3 is 0 Å². The van der Waals surface area contributed by atoms with Crippen molar-refractivity contribution in [2.75, 3.05) is 18.5 Å². The summed E-state index contributed by atoms with van der Waals surface area (Å²) in [5, 5.41) is 3.40. The fourth-order valence-electron chi connectivity index (χ4n) is 2.60. The number of nitrogens with one attached hydrogen (secondary N) is 1. The third-order valence-electron chi connectivity index (χ3n) is 4.05. The monoisotopic (exact) mass is 341 g/mol. The summed E-state index contributed by atoms with van der Waals surface area (Å²) in [5.74, 6) is 1.84. The summed E-state index contributed by atoms with van der Waals surface area (Å²) in [6.45, 7) is 5.86. The zero-order chi connectivity index (χ0) is 17.7. The van der Waals surface area contributed by atoms with E-state index in [0.29, 0.717) is 0 Å². The van der Waals surface area contributed by atoms with Crippen LogP contribution in [0, 0.1) is 0 Å². The normalized spacial score (nSPS) is 11.8. The summed E-state index contributed by atoms with van der Waals surface area (Å²) in [6.07, 6.45) is 6.41. The number of unbranched alkanes of at least 4 members (excludes halogenated alkanes) is 4. The zero-order valence-corrected chi connectivity index (χ0v) is 15.5. The number of ether oxygens (including phenoxy) is 2. The van der Waals surface area contributed by atoms with Gasteiger partial charge in [0.25, 0.3) is 0 Å². The Balaban J connectivity index is 1.64. The summed E-state index contributed by atoms with van der Waals surface area (Å²) in [4.78, 5) is 0. The fourth-order valence-corrected chi connectivity index (χ4v) is 2.60. The Bertz CT molecular complexity index is 568. The molecule has 25 heavy (non-hydrogen) atoms. The summed E-state index contributed by atoms with van der Waals surface area (Å²) in [6, 6.07) is 18.1. The van der Waals surface area contributed by atoms with Gasteiger partial charge in [-0.15, -0.1) is 0 Å². The molecule has 0 fully saturated rings. The number of hydrogen-bond acceptors (Lipinski definition) is 3. The summed E-state index contributed by atoms with van der Waals surface area (Å²) < 4.78 is 11.7. The molecule has 0 aliphatic rings. The van der Waals surface area contributed by atoms with Crippen molar-refractivity contribution in [2.24, 2.45) is 0 Å². The largest absolute Gasteiger partial charge is 0.494 e. The first-order valence-electron chi connectivity index (χ1n) is 9.46. The van der Waals surface area contributed by atoms with E-state index < -0.39 is 0 Å². The zero-order valence-electron chi connectivity index (χ0n) is 15.5. The van der Waals surface area contributed by atoms with Gasteiger partial charge in [0.15, 0.2) is 0 Å². The van der Waals surface area contributed by atoms with Crippen molar-refractivity contribution in [1.29, 1.82) is 0 Å². The smallest absolute Gasteiger partial charge is 0.119 e.